The minimum absolute atomic E-state index is 0. The highest BCUT2D eigenvalue weighted by molar-refractivity contribution is 14.0. The zero-order chi connectivity index (χ0) is 18.5. The van der Waals surface area contributed by atoms with E-state index >= 15 is 0 Å². The predicted octanol–water partition coefficient (Wildman–Crippen LogP) is 3.88. The Balaban J connectivity index is 0.00000625. The van der Waals surface area contributed by atoms with Crippen molar-refractivity contribution in [3.63, 3.8) is 0 Å². The van der Waals surface area contributed by atoms with Gasteiger partial charge in [-0.15, -0.1) is 24.0 Å². The van der Waals surface area contributed by atoms with Gasteiger partial charge in [-0.3, -0.25) is 4.99 Å². The van der Waals surface area contributed by atoms with Crippen LogP contribution in [-0.2, 0) is 6.54 Å². The number of halogens is 1. The largest absolute Gasteiger partial charge is 0.494 e. The van der Waals surface area contributed by atoms with Crippen molar-refractivity contribution < 1.29 is 4.74 Å². The van der Waals surface area contributed by atoms with Gasteiger partial charge < -0.3 is 20.3 Å². The molecule has 150 valence electrons. The Morgan fingerprint density at radius 2 is 1.96 bits per heavy atom. The van der Waals surface area contributed by atoms with Crippen LogP contribution < -0.4 is 15.4 Å². The summed E-state index contributed by atoms with van der Waals surface area (Å²) in [5.74, 6) is 1.76. The summed E-state index contributed by atoms with van der Waals surface area (Å²) in [6, 6.07) is 8.57. The van der Waals surface area contributed by atoms with Crippen LogP contribution in [0.25, 0.3) is 0 Å². The number of aliphatic imine (C=N–C) groups is 1. The summed E-state index contributed by atoms with van der Waals surface area (Å²) in [6.45, 7) is 13.5. The highest BCUT2D eigenvalue weighted by atomic mass is 127. The van der Waals surface area contributed by atoms with E-state index in [1.165, 1.54) is 12.0 Å². The molecule has 0 amide bonds. The molecule has 0 saturated heterocycles. The van der Waals surface area contributed by atoms with Crippen LogP contribution in [0.4, 0.5) is 0 Å². The smallest absolute Gasteiger partial charge is 0.191 e. The first kappa shape index (κ1) is 25.0. The van der Waals surface area contributed by atoms with Gasteiger partial charge in [0.1, 0.15) is 5.75 Å². The van der Waals surface area contributed by atoms with Crippen LogP contribution in [0, 0.1) is 0 Å². The van der Waals surface area contributed by atoms with E-state index in [1.54, 1.807) is 0 Å². The molecule has 0 aromatic heterocycles. The molecule has 1 rings (SSSR count). The normalized spacial score (nSPS) is 12.5. The number of nitrogens with one attached hydrogen (secondary N) is 2. The highest BCUT2D eigenvalue weighted by Crippen LogP contribution is 2.13. The van der Waals surface area contributed by atoms with Gasteiger partial charge in [0, 0.05) is 19.6 Å². The van der Waals surface area contributed by atoms with E-state index in [9.17, 15) is 0 Å². The number of hydrogen-bond donors (Lipinski definition) is 2. The van der Waals surface area contributed by atoms with E-state index in [0.29, 0.717) is 12.6 Å². The van der Waals surface area contributed by atoms with Gasteiger partial charge >= 0.3 is 0 Å². The van der Waals surface area contributed by atoms with Crippen molar-refractivity contribution in [2.24, 2.45) is 4.99 Å². The fraction of sp³-hybridized carbons (Fsp3) is 0.650. The summed E-state index contributed by atoms with van der Waals surface area (Å²) < 4.78 is 5.55. The van der Waals surface area contributed by atoms with Crippen molar-refractivity contribution >= 4 is 29.9 Å². The number of guanidine groups is 1. The lowest BCUT2D eigenvalue weighted by molar-refractivity contribution is 0.292. The Bertz CT molecular complexity index is 506. The first-order valence-corrected chi connectivity index (χ1v) is 9.54. The molecular formula is C20H37IN4O. The van der Waals surface area contributed by atoms with Crippen molar-refractivity contribution in [2.45, 2.75) is 53.1 Å². The maximum Gasteiger partial charge on any atom is 0.191 e. The summed E-state index contributed by atoms with van der Waals surface area (Å²) in [7, 11) is 1.81. The molecule has 0 aliphatic heterocycles. The second-order valence-corrected chi connectivity index (χ2v) is 6.22. The molecule has 1 aromatic carbocycles. The average molecular weight is 476 g/mol. The molecule has 0 aliphatic rings. The van der Waals surface area contributed by atoms with Crippen LogP contribution in [0.1, 0.15) is 46.1 Å². The minimum Gasteiger partial charge on any atom is -0.494 e. The Hall–Kier alpha value is -1.02. The molecule has 1 unspecified atom stereocenters. The summed E-state index contributed by atoms with van der Waals surface area (Å²) in [6.07, 6.45) is 2.33. The first-order chi connectivity index (χ1) is 12.1. The molecule has 5 nitrogen and oxygen atoms in total. The van der Waals surface area contributed by atoms with Gasteiger partial charge in [-0.1, -0.05) is 26.0 Å². The van der Waals surface area contributed by atoms with E-state index in [2.05, 4.69) is 53.4 Å². The highest BCUT2D eigenvalue weighted by Gasteiger charge is 2.07. The van der Waals surface area contributed by atoms with Crippen molar-refractivity contribution in [1.29, 1.82) is 0 Å². The van der Waals surface area contributed by atoms with Gasteiger partial charge in [0.05, 0.1) is 6.61 Å². The third-order valence-corrected chi connectivity index (χ3v) is 4.28. The number of nitrogens with zero attached hydrogens (tertiary/aromatic N) is 2. The summed E-state index contributed by atoms with van der Waals surface area (Å²) in [5, 5.41) is 6.86. The number of benzene rings is 1. The molecule has 0 saturated carbocycles. The van der Waals surface area contributed by atoms with Gasteiger partial charge in [-0.05, 0) is 64.0 Å². The SMILES string of the molecule is CCOc1cccc(CNC(=NC)NC(C)CCCN(CC)CC)c1.I. The van der Waals surface area contributed by atoms with Gasteiger partial charge in [0.15, 0.2) is 5.96 Å². The predicted molar refractivity (Wildman–Crippen MR) is 123 cm³/mol. The third kappa shape index (κ3) is 10.2. The molecule has 6 heteroatoms. The average Bonchev–Trinajstić information content (AvgIpc) is 2.63. The molecular weight excluding hydrogens is 439 g/mol. The Kier molecular flexibility index (Phi) is 14.5. The maximum absolute atomic E-state index is 5.55. The molecule has 0 bridgehead atoms. The van der Waals surface area contributed by atoms with E-state index in [1.807, 2.05) is 26.1 Å². The lowest BCUT2D eigenvalue weighted by atomic mass is 10.2. The van der Waals surface area contributed by atoms with Crippen molar-refractivity contribution in [3.05, 3.63) is 29.8 Å². The number of ether oxygens (including phenoxy) is 1. The monoisotopic (exact) mass is 476 g/mol. The summed E-state index contributed by atoms with van der Waals surface area (Å²) >= 11 is 0. The molecule has 0 spiro atoms. The zero-order valence-electron chi connectivity index (χ0n) is 17.0. The van der Waals surface area contributed by atoms with Gasteiger partial charge in [-0.25, -0.2) is 0 Å². The molecule has 0 heterocycles. The molecule has 1 atom stereocenters. The lowest BCUT2D eigenvalue weighted by Crippen LogP contribution is -2.42. The van der Waals surface area contributed by atoms with Crippen molar-refractivity contribution in [1.82, 2.24) is 15.5 Å². The van der Waals surface area contributed by atoms with Crippen molar-refractivity contribution in [2.75, 3.05) is 33.3 Å². The Labute approximate surface area is 177 Å². The Morgan fingerprint density at radius 1 is 1.23 bits per heavy atom. The van der Waals surface area contributed by atoms with E-state index < -0.39 is 0 Å². The summed E-state index contributed by atoms with van der Waals surface area (Å²) in [5.41, 5.74) is 1.18. The molecule has 1 aromatic rings. The lowest BCUT2D eigenvalue weighted by Gasteiger charge is -2.21. The van der Waals surface area contributed by atoms with Gasteiger partial charge in [0.2, 0.25) is 0 Å². The molecule has 26 heavy (non-hydrogen) atoms. The number of hydrogen-bond acceptors (Lipinski definition) is 3. The van der Waals surface area contributed by atoms with Crippen molar-refractivity contribution in [3.8, 4) is 5.75 Å². The molecule has 0 aliphatic carbocycles. The first-order valence-electron chi connectivity index (χ1n) is 9.54. The fourth-order valence-corrected chi connectivity index (χ4v) is 2.76. The van der Waals surface area contributed by atoms with Gasteiger partial charge in [0.25, 0.3) is 0 Å². The number of rotatable bonds is 11. The van der Waals surface area contributed by atoms with Crippen LogP contribution in [0.15, 0.2) is 29.3 Å². The molecule has 2 N–H and O–H groups in total. The van der Waals surface area contributed by atoms with Gasteiger partial charge in [-0.2, -0.15) is 0 Å². The van der Waals surface area contributed by atoms with Crippen LogP contribution >= 0.6 is 24.0 Å². The Morgan fingerprint density at radius 3 is 2.58 bits per heavy atom. The van der Waals surface area contributed by atoms with E-state index in [4.69, 9.17) is 4.74 Å². The maximum atomic E-state index is 5.55. The topological polar surface area (TPSA) is 48.9 Å². The van der Waals surface area contributed by atoms with Crippen LogP contribution in [0.3, 0.4) is 0 Å². The van der Waals surface area contributed by atoms with Crippen LogP contribution in [0.2, 0.25) is 0 Å². The van der Waals surface area contributed by atoms with Crippen LogP contribution in [0.5, 0.6) is 5.75 Å². The quantitative estimate of drug-likeness (QED) is 0.289. The van der Waals surface area contributed by atoms with E-state index in [-0.39, 0.29) is 24.0 Å². The summed E-state index contributed by atoms with van der Waals surface area (Å²) in [4.78, 5) is 6.79. The molecule has 0 fully saturated rings. The second-order valence-electron chi connectivity index (χ2n) is 6.22. The zero-order valence-corrected chi connectivity index (χ0v) is 19.4. The third-order valence-electron chi connectivity index (χ3n) is 4.28. The minimum atomic E-state index is 0. The van der Waals surface area contributed by atoms with E-state index in [0.717, 1.165) is 44.3 Å². The standard InChI is InChI=1S/C20H36N4O.HI/c1-6-24(7-2)14-10-11-17(4)23-20(21-5)22-16-18-12-9-13-19(15-18)25-8-3;/h9,12-13,15,17H,6-8,10-11,14,16H2,1-5H3,(H2,21,22,23);1H. The fourth-order valence-electron chi connectivity index (χ4n) is 2.76. The van der Waals surface area contributed by atoms with Crippen LogP contribution in [-0.4, -0.2) is 50.2 Å². The second kappa shape index (κ2) is 15.1. The molecule has 0 radical (unpaired) electrons.